The van der Waals surface area contributed by atoms with Gasteiger partial charge < -0.3 is 15.7 Å². The van der Waals surface area contributed by atoms with Crippen LogP contribution in [0.1, 0.15) is 13.3 Å². The molecule has 0 aromatic rings. The third-order valence-electron chi connectivity index (χ3n) is 1.53. The van der Waals surface area contributed by atoms with Gasteiger partial charge in [-0.15, -0.1) is 0 Å². The minimum Gasteiger partial charge on any atom is -0.409 e. The van der Waals surface area contributed by atoms with Crippen molar-refractivity contribution in [3.05, 3.63) is 0 Å². The van der Waals surface area contributed by atoms with Crippen molar-refractivity contribution in [2.24, 2.45) is 10.9 Å². The fourth-order valence-corrected chi connectivity index (χ4v) is 1.66. The number of hydrogen-bond acceptors (Lipinski definition) is 5. The molecule has 4 N–H and O–H groups in total. The lowest BCUT2D eigenvalue weighted by Crippen LogP contribution is -2.31. The Bertz CT molecular complexity index is 289. The normalized spacial score (nSPS) is 13.0. The zero-order chi connectivity index (χ0) is 11.7. The standard InChI is InChI=1S/C7H17N3O4S/c1-2-14-5-6-15(12,13)9-4-3-7(8)10-11/h9,11H,2-6H2,1H3,(H2,8,10). The maximum Gasteiger partial charge on any atom is 0.213 e. The number of nitrogens with two attached hydrogens (primary N) is 1. The first-order valence-corrected chi connectivity index (χ1v) is 6.18. The van der Waals surface area contributed by atoms with Gasteiger partial charge in [0.05, 0.1) is 12.4 Å². The Morgan fingerprint density at radius 2 is 2.27 bits per heavy atom. The third kappa shape index (κ3) is 8.16. The maximum absolute atomic E-state index is 11.2. The molecule has 0 saturated carbocycles. The lowest BCUT2D eigenvalue weighted by atomic mass is 10.4. The van der Waals surface area contributed by atoms with Crippen molar-refractivity contribution in [3.8, 4) is 0 Å². The molecule has 0 rings (SSSR count). The highest BCUT2D eigenvalue weighted by atomic mass is 32.2. The van der Waals surface area contributed by atoms with Crippen LogP contribution in [0.15, 0.2) is 5.16 Å². The van der Waals surface area contributed by atoms with Crippen LogP contribution in [0.5, 0.6) is 0 Å². The largest absolute Gasteiger partial charge is 0.409 e. The summed E-state index contributed by atoms with van der Waals surface area (Å²) in [5.74, 6) is -0.0979. The van der Waals surface area contributed by atoms with Crippen molar-refractivity contribution in [1.29, 1.82) is 0 Å². The van der Waals surface area contributed by atoms with E-state index in [1.165, 1.54) is 0 Å². The number of sulfonamides is 1. The number of rotatable bonds is 8. The summed E-state index contributed by atoms with van der Waals surface area (Å²) >= 11 is 0. The van der Waals surface area contributed by atoms with Crippen molar-refractivity contribution < 1.29 is 18.4 Å². The topological polar surface area (TPSA) is 114 Å². The summed E-state index contributed by atoms with van der Waals surface area (Å²) in [7, 11) is -3.32. The van der Waals surface area contributed by atoms with E-state index in [0.29, 0.717) is 6.61 Å². The molecule has 7 nitrogen and oxygen atoms in total. The zero-order valence-corrected chi connectivity index (χ0v) is 9.46. The Kier molecular flexibility index (Phi) is 7.01. The second-order valence-electron chi connectivity index (χ2n) is 2.75. The summed E-state index contributed by atoms with van der Waals surface area (Å²) in [4.78, 5) is 0. The van der Waals surface area contributed by atoms with E-state index in [9.17, 15) is 8.42 Å². The number of nitrogens with zero attached hydrogens (tertiary/aromatic N) is 1. The van der Waals surface area contributed by atoms with Crippen LogP contribution < -0.4 is 10.5 Å². The average molecular weight is 239 g/mol. The number of nitrogens with one attached hydrogen (secondary N) is 1. The predicted molar refractivity (Wildman–Crippen MR) is 56.3 cm³/mol. The molecule has 0 spiro atoms. The van der Waals surface area contributed by atoms with Gasteiger partial charge in [0, 0.05) is 19.6 Å². The Labute approximate surface area is 89.3 Å². The lowest BCUT2D eigenvalue weighted by Gasteiger charge is -2.05. The Hall–Kier alpha value is -0.860. The predicted octanol–water partition coefficient (Wildman–Crippen LogP) is -0.921. The third-order valence-corrected chi connectivity index (χ3v) is 2.88. The second kappa shape index (κ2) is 7.43. The first-order chi connectivity index (χ1) is 7.02. The lowest BCUT2D eigenvalue weighted by molar-refractivity contribution is 0.163. The monoisotopic (exact) mass is 239 g/mol. The zero-order valence-electron chi connectivity index (χ0n) is 8.64. The van der Waals surface area contributed by atoms with Crippen molar-refractivity contribution in [1.82, 2.24) is 4.72 Å². The molecule has 0 aromatic heterocycles. The van der Waals surface area contributed by atoms with Gasteiger partial charge in [-0.1, -0.05) is 5.16 Å². The minimum absolute atomic E-state index is 0.0116. The Morgan fingerprint density at radius 3 is 2.80 bits per heavy atom. The van der Waals surface area contributed by atoms with Crippen molar-refractivity contribution in [2.45, 2.75) is 13.3 Å². The molecule has 15 heavy (non-hydrogen) atoms. The van der Waals surface area contributed by atoms with Gasteiger partial charge in [-0.3, -0.25) is 0 Å². The van der Waals surface area contributed by atoms with Crippen LogP contribution in [0.4, 0.5) is 0 Å². The Morgan fingerprint density at radius 1 is 1.60 bits per heavy atom. The molecule has 0 aromatic carbocycles. The molecular formula is C7H17N3O4S. The summed E-state index contributed by atoms with van der Waals surface area (Å²) in [6, 6.07) is 0. The summed E-state index contributed by atoms with van der Waals surface area (Å²) in [5.41, 5.74) is 5.16. The fourth-order valence-electron chi connectivity index (χ4n) is 0.770. The first kappa shape index (κ1) is 14.1. The minimum atomic E-state index is -3.32. The highest BCUT2D eigenvalue weighted by Gasteiger charge is 2.09. The van der Waals surface area contributed by atoms with Gasteiger partial charge in [0.1, 0.15) is 5.84 Å². The van der Waals surface area contributed by atoms with Gasteiger partial charge in [0.15, 0.2) is 0 Å². The molecule has 0 bridgehead atoms. The summed E-state index contributed by atoms with van der Waals surface area (Å²) in [6.07, 6.45) is 0.171. The van der Waals surface area contributed by atoms with Crippen LogP contribution in [-0.2, 0) is 14.8 Å². The van der Waals surface area contributed by atoms with Crippen molar-refractivity contribution in [3.63, 3.8) is 0 Å². The number of hydrogen-bond donors (Lipinski definition) is 3. The van der Waals surface area contributed by atoms with Gasteiger partial charge in [0.2, 0.25) is 10.0 Å². The van der Waals surface area contributed by atoms with E-state index in [2.05, 4.69) is 9.88 Å². The molecule has 0 atom stereocenters. The van der Waals surface area contributed by atoms with Crippen LogP contribution in [0.3, 0.4) is 0 Å². The number of amidine groups is 1. The van der Waals surface area contributed by atoms with Gasteiger partial charge in [-0.05, 0) is 6.92 Å². The van der Waals surface area contributed by atoms with Gasteiger partial charge in [0.25, 0.3) is 0 Å². The summed E-state index contributed by atoms with van der Waals surface area (Å²) in [5, 5.41) is 10.9. The van der Waals surface area contributed by atoms with Crippen molar-refractivity contribution in [2.75, 3.05) is 25.5 Å². The van der Waals surface area contributed by atoms with E-state index in [-0.39, 0.29) is 31.2 Å². The molecule has 0 fully saturated rings. The highest BCUT2D eigenvalue weighted by molar-refractivity contribution is 7.89. The molecule has 0 aliphatic carbocycles. The molecule has 90 valence electrons. The van der Waals surface area contributed by atoms with Crippen LogP contribution in [0.2, 0.25) is 0 Å². The van der Waals surface area contributed by atoms with Crippen LogP contribution in [0.25, 0.3) is 0 Å². The van der Waals surface area contributed by atoms with Crippen molar-refractivity contribution >= 4 is 15.9 Å². The molecular weight excluding hydrogens is 222 g/mol. The van der Waals surface area contributed by atoms with Crippen LogP contribution in [-0.4, -0.2) is 45.0 Å². The van der Waals surface area contributed by atoms with Gasteiger partial charge in [-0.25, -0.2) is 13.1 Å². The quantitative estimate of drug-likeness (QED) is 0.167. The van der Waals surface area contributed by atoms with Gasteiger partial charge in [-0.2, -0.15) is 0 Å². The van der Waals surface area contributed by atoms with E-state index in [4.69, 9.17) is 15.7 Å². The van der Waals surface area contributed by atoms with Gasteiger partial charge >= 0.3 is 0 Å². The first-order valence-electron chi connectivity index (χ1n) is 4.53. The molecule has 0 saturated heterocycles. The van der Waals surface area contributed by atoms with E-state index in [0.717, 1.165) is 0 Å². The highest BCUT2D eigenvalue weighted by Crippen LogP contribution is 1.87. The fraction of sp³-hybridized carbons (Fsp3) is 0.857. The second-order valence-corrected chi connectivity index (χ2v) is 4.68. The van der Waals surface area contributed by atoms with E-state index >= 15 is 0 Å². The molecule has 0 aliphatic rings. The molecule has 8 heteroatoms. The molecule has 0 radical (unpaired) electrons. The molecule has 0 aliphatic heterocycles. The smallest absolute Gasteiger partial charge is 0.213 e. The number of oxime groups is 1. The summed E-state index contributed by atoms with van der Waals surface area (Å²) < 4.78 is 29.7. The maximum atomic E-state index is 11.2. The molecule has 0 amide bonds. The summed E-state index contributed by atoms with van der Waals surface area (Å²) in [6.45, 7) is 2.55. The average Bonchev–Trinajstić information content (AvgIpc) is 2.17. The van der Waals surface area contributed by atoms with E-state index < -0.39 is 10.0 Å². The van der Waals surface area contributed by atoms with Crippen LogP contribution in [0, 0.1) is 0 Å². The SMILES string of the molecule is CCOCCS(=O)(=O)NCCC(N)=NO. The number of ether oxygens (including phenoxy) is 1. The van der Waals surface area contributed by atoms with Crippen LogP contribution >= 0.6 is 0 Å². The Balaban J connectivity index is 3.75. The van der Waals surface area contributed by atoms with E-state index in [1.54, 1.807) is 6.92 Å². The molecule has 0 unspecified atom stereocenters. The molecule has 0 heterocycles. The van der Waals surface area contributed by atoms with E-state index in [1.807, 2.05) is 0 Å².